The van der Waals surface area contributed by atoms with Crippen LogP contribution in [0.4, 0.5) is 0 Å². The average molecular weight is 206 g/mol. The van der Waals surface area contributed by atoms with Gasteiger partial charge in [-0.3, -0.25) is 4.79 Å². The van der Waals surface area contributed by atoms with Crippen LogP contribution < -0.4 is 0 Å². The number of benzene rings is 1. The molecule has 0 saturated heterocycles. The van der Waals surface area contributed by atoms with Gasteiger partial charge in [-0.2, -0.15) is 12.6 Å². The first-order valence-electron chi connectivity index (χ1n) is 4.09. The van der Waals surface area contributed by atoms with E-state index in [1.165, 1.54) is 13.0 Å². The van der Waals surface area contributed by atoms with E-state index < -0.39 is 0 Å². The van der Waals surface area contributed by atoms with Gasteiger partial charge in [-0.05, 0) is 25.1 Å². The summed E-state index contributed by atoms with van der Waals surface area (Å²) in [6, 6.07) is 4.75. The van der Waals surface area contributed by atoms with Crippen LogP contribution in [0.5, 0.6) is 5.75 Å². The SMILES string of the molecule is CC(=O)c1ccc(C#CCS)cc1O. The summed E-state index contributed by atoms with van der Waals surface area (Å²) in [6.45, 7) is 1.41. The molecule has 2 nitrogen and oxygen atoms in total. The fraction of sp³-hybridized carbons (Fsp3) is 0.182. The molecule has 0 aliphatic heterocycles. The van der Waals surface area contributed by atoms with E-state index in [1.807, 2.05) is 0 Å². The third kappa shape index (κ3) is 2.54. The Morgan fingerprint density at radius 1 is 1.57 bits per heavy atom. The Bertz CT molecular complexity index is 413. The molecule has 0 fully saturated rings. The van der Waals surface area contributed by atoms with Gasteiger partial charge in [-0.1, -0.05) is 11.8 Å². The summed E-state index contributed by atoms with van der Waals surface area (Å²) in [5, 5.41) is 9.45. The highest BCUT2D eigenvalue weighted by atomic mass is 32.1. The minimum atomic E-state index is -0.156. The Kier molecular flexibility index (Phi) is 3.61. The van der Waals surface area contributed by atoms with Crippen LogP contribution in [-0.2, 0) is 0 Å². The minimum absolute atomic E-state index is 0.0246. The van der Waals surface area contributed by atoms with E-state index in [0.717, 1.165) is 0 Å². The summed E-state index contributed by atoms with van der Waals surface area (Å²) in [5.74, 6) is 5.85. The van der Waals surface area contributed by atoms with E-state index in [9.17, 15) is 9.90 Å². The van der Waals surface area contributed by atoms with Crippen LogP contribution in [-0.4, -0.2) is 16.6 Å². The molecule has 1 rings (SSSR count). The lowest BCUT2D eigenvalue weighted by Crippen LogP contribution is -1.92. The number of rotatable bonds is 1. The number of phenolic OH excluding ortho intramolecular Hbond substituents is 1. The van der Waals surface area contributed by atoms with Gasteiger partial charge >= 0.3 is 0 Å². The molecular formula is C11H10O2S. The van der Waals surface area contributed by atoms with E-state index in [4.69, 9.17) is 0 Å². The normalized spacial score (nSPS) is 9.00. The van der Waals surface area contributed by atoms with Crippen LogP contribution >= 0.6 is 12.6 Å². The second kappa shape index (κ2) is 4.73. The van der Waals surface area contributed by atoms with E-state index >= 15 is 0 Å². The number of hydrogen-bond acceptors (Lipinski definition) is 3. The molecule has 3 heteroatoms. The topological polar surface area (TPSA) is 37.3 Å². The molecule has 0 radical (unpaired) electrons. The Morgan fingerprint density at radius 3 is 2.79 bits per heavy atom. The second-order valence-corrected chi connectivity index (χ2v) is 3.06. The van der Waals surface area contributed by atoms with Crippen LogP contribution in [0, 0.1) is 11.8 Å². The van der Waals surface area contributed by atoms with Crippen molar-refractivity contribution in [3.63, 3.8) is 0 Å². The maximum Gasteiger partial charge on any atom is 0.163 e. The number of ketones is 1. The molecule has 14 heavy (non-hydrogen) atoms. The van der Waals surface area contributed by atoms with Crippen LogP contribution in [0.25, 0.3) is 0 Å². The molecule has 0 heterocycles. The number of carbonyl (C=O) groups is 1. The molecule has 0 amide bonds. The number of carbonyl (C=O) groups excluding carboxylic acids is 1. The maximum atomic E-state index is 11.0. The number of aromatic hydroxyl groups is 1. The minimum Gasteiger partial charge on any atom is -0.507 e. The summed E-state index contributed by atoms with van der Waals surface area (Å²) in [7, 11) is 0. The molecule has 0 bridgehead atoms. The van der Waals surface area contributed by atoms with Crippen LogP contribution in [0.2, 0.25) is 0 Å². The van der Waals surface area contributed by atoms with Crippen molar-refractivity contribution >= 4 is 18.4 Å². The standard InChI is InChI=1S/C11H10O2S/c1-8(12)10-5-4-9(3-2-6-14)7-11(10)13/h4-5,7,13-14H,6H2,1H3. The highest BCUT2D eigenvalue weighted by molar-refractivity contribution is 7.80. The smallest absolute Gasteiger partial charge is 0.163 e. The van der Waals surface area contributed by atoms with Gasteiger partial charge in [0.15, 0.2) is 5.78 Å². The van der Waals surface area contributed by atoms with Gasteiger partial charge in [-0.15, -0.1) is 0 Å². The van der Waals surface area contributed by atoms with Crippen molar-refractivity contribution in [1.29, 1.82) is 0 Å². The average Bonchev–Trinajstić information content (AvgIpc) is 2.14. The maximum absolute atomic E-state index is 11.0. The lowest BCUT2D eigenvalue weighted by molar-refractivity contribution is 0.101. The zero-order valence-corrected chi connectivity index (χ0v) is 8.64. The molecule has 0 aliphatic carbocycles. The molecule has 0 saturated carbocycles. The largest absolute Gasteiger partial charge is 0.507 e. The summed E-state index contributed by atoms with van der Waals surface area (Å²) >= 11 is 3.94. The van der Waals surface area contributed by atoms with E-state index in [-0.39, 0.29) is 11.5 Å². The van der Waals surface area contributed by atoms with Gasteiger partial charge in [0.05, 0.1) is 11.3 Å². The third-order valence-electron chi connectivity index (χ3n) is 1.69. The van der Waals surface area contributed by atoms with Gasteiger partial charge in [0.2, 0.25) is 0 Å². The summed E-state index contributed by atoms with van der Waals surface area (Å²) in [4.78, 5) is 11.0. The zero-order valence-electron chi connectivity index (χ0n) is 7.74. The Hall–Kier alpha value is -1.40. The molecule has 0 aromatic heterocycles. The number of thiol groups is 1. The second-order valence-electron chi connectivity index (χ2n) is 2.75. The number of phenols is 1. The first-order chi connectivity index (χ1) is 6.65. The lowest BCUT2D eigenvalue weighted by Gasteiger charge is -1.99. The van der Waals surface area contributed by atoms with Crippen molar-refractivity contribution in [3.8, 4) is 17.6 Å². The predicted molar refractivity (Wildman–Crippen MR) is 58.8 cm³/mol. The third-order valence-corrected chi connectivity index (χ3v) is 1.85. The van der Waals surface area contributed by atoms with Gasteiger partial charge in [0, 0.05) is 5.56 Å². The highest BCUT2D eigenvalue weighted by Crippen LogP contribution is 2.18. The van der Waals surface area contributed by atoms with Crippen molar-refractivity contribution in [2.75, 3.05) is 5.75 Å². The number of Topliss-reactive ketones (excluding diaryl/α,β-unsaturated/α-hetero) is 1. The van der Waals surface area contributed by atoms with Crippen molar-refractivity contribution in [1.82, 2.24) is 0 Å². The van der Waals surface area contributed by atoms with Crippen molar-refractivity contribution in [2.45, 2.75) is 6.92 Å². The van der Waals surface area contributed by atoms with Crippen molar-refractivity contribution < 1.29 is 9.90 Å². The molecule has 0 atom stereocenters. The van der Waals surface area contributed by atoms with Gasteiger partial charge in [0.25, 0.3) is 0 Å². The Balaban J connectivity index is 3.06. The first kappa shape index (κ1) is 10.7. The zero-order chi connectivity index (χ0) is 10.6. The lowest BCUT2D eigenvalue weighted by atomic mass is 10.1. The molecule has 0 aliphatic rings. The quantitative estimate of drug-likeness (QED) is 0.418. The fourth-order valence-electron chi connectivity index (χ4n) is 1.05. The van der Waals surface area contributed by atoms with Crippen LogP contribution in [0.1, 0.15) is 22.8 Å². The molecular weight excluding hydrogens is 196 g/mol. The molecule has 1 aromatic carbocycles. The predicted octanol–water partition coefficient (Wildman–Crippen LogP) is 1.88. The van der Waals surface area contributed by atoms with Crippen LogP contribution in [0.15, 0.2) is 18.2 Å². The van der Waals surface area contributed by atoms with E-state index in [2.05, 4.69) is 24.5 Å². The van der Waals surface area contributed by atoms with E-state index in [1.54, 1.807) is 12.1 Å². The molecule has 0 spiro atoms. The van der Waals surface area contributed by atoms with Gasteiger partial charge in [0.1, 0.15) is 5.75 Å². The summed E-state index contributed by atoms with van der Waals surface area (Å²) in [6.07, 6.45) is 0. The molecule has 72 valence electrons. The number of hydrogen-bond donors (Lipinski definition) is 2. The molecule has 1 N–H and O–H groups in total. The monoisotopic (exact) mass is 206 g/mol. The molecule has 0 unspecified atom stereocenters. The Morgan fingerprint density at radius 2 is 2.29 bits per heavy atom. The summed E-state index contributed by atoms with van der Waals surface area (Å²) in [5.41, 5.74) is 1.00. The first-order valence-corrected chi connectivity index (χ1v) is 4.72. The van der Waals surface area contributed by atoms with Crippen LogP contribution in [0.3, 0.4) is 0 Å². The van der Waals surface area contributed by atoms with Gasteiger partial charge < -0.3 is 5.11 Å². The van der Waals surface area contributed by atoms with Gasteiger partial charge in [-0.25, -0.2) is 0 Å². The highest BCUT2D eigenvalue weighted by Gasteiger charge is 2.05. The fourth-order valence-corrected chi connectivity index (χ4v) is 1.13. The summed E-state index contributed by atoms with van der Waals surface area (Å²) < 4.78 is 0. The van der Waals surface area contributed by atoms with E-state index in [0.29, 0.717) is 16.9 Å². The van der Waals surface area contributed by atoms with Crippen molar-refractivity contribution in [2.24, 2.45) is 0 Å². The molecule has 1 aromatic rings. The Labute approximate surface area is 88.4 Å². The van der Waals surface area contributed by atoms with Crippen molar-refractivity contribution in [3.05, 3.63) is 29.3 Å².